The van der Waals surface area contributed by atoms with Crippen molar-refractivity contribution in [3.8, 4) is 0 Å². The third-order valence-corrected chi connectivity index (χ3v) is 4.94. The van der Waals surface area contributed by atoms with Gasteiger partial charge in [0.2, 0.25) is 5.60 Å². The van der Waals surface area contributed by atoms with Gasteiger partial charge in [-0.25, -0.2) is 0 Å². The van der Waals surface area contributed by atoms with Crippen LogP contribution in [0.25, 0.3) is 0 Å². The van der Waals surface area contributed by atoms with E-state index in [0.717, 1.165) is 0 Å². The molecule has 2 N–H and O–H groups in total. The van der Waals surface area contributed by atoms with Crippen LogP contribution in [0, 0.1) is 0 Å². The lowest BCUT2D eigenvalue weighted by Crippen LogP contribution is -2.55. The second kappa shape index (κ2) is 10.2. The zero-order valence-electron chi connectivity index (χ0n) is 17.2. The maximum atomic E-state index is 13.2. The van der Waals surface area contributed by atoms with E-state index in [9.17, 15) is 9.59 Å². The molecule has 7 nitrogen and oxygen atoms in total. The molecule has 2 rings (SSSR count). The molecule has 0 spiro atoms. The Labute approximate surface area is 171 Å². The fraction of sp³-hybridized carbons (Fsp3) is 0.364. The lowest BCUT2D eigenvalue weighted by molar-refractivity contribution is -0.204. The van der Waals surface area contributed by atoms with Crippen molar-refractivity contribution in [2.45, 2.75) is 31.2 Å². The Balaban J connectivity index is 2.32. The molecule has 0 aliphatic rings. The van der Waals surface area contributed by atoms with Crippen LogP contribution in [0.4, 0.5) is 11.4 Å². The van der Waals surface area contributed by atoms with E-state index in [2.05, 4.69) is 10.6 Å². The SMILES string of the molecule is COC(C)(CCC(OC)(C(=O)Nc1ccccc1)C(=O)Nc1ccccc1)OC. The standard InChI is InChI=1S/C22H28N2O5/c1-21(27-2,28-3)15-16-22(29-4,19(25)23-17-11-7-5-8-12-17)20(26)24-18-13-9-6-10-14-18/h5-14H,15-16H2,1-4H3,(H,23,25)(H,24,26). The Kier molecular flexibility index (Phi) is 7.90. The molecule has 2 aromatic rings. The molecule has 2 amide bonds. The first kappa shape index (κ1) is 22.5. The van der Waals surface area contributed by atoms with Crippen LogP contribution in [0.15, 0.2) is 60.7 Å². The summed E-state index contributed by atoms with van der Waals surface area (Å²) in [6, 6.07) is 17.8. The number of rotatable bonds is 10. The van der Waals surface area contributed by atoms with Gasteiger partial charge in [0.25, 0.3) is 11.8 Å². The van der Waals surface area contributed by atoms with Crippen molar-refractivity contribution >= 4 is 23.2 Å². The molecule has 2 aromatic carbocycles. The lowest BCUT2D eigenvalue weighted by atomic mass is 9.92. The van der Waals surface area contributed by atoms with Crippen LogP contribution in [-0.4, -0.2) is 44.5 Å². The third kappa shape index (κ3) is 5.63. The molecule has 0 fully saturated rings. The quantitative estimate of drug-likeness (QED) is 0.471. The van der Waals surface area contributed by atoms with Gasteiger partial charge in [-0.15, -0.1) is 0 Å². The first-order valence-electron chi connectivity index (χ1n) is 9.27. The number of carbonyl (C=O) groups is 2. The minimum absolute atomic E-state index is 0.0407. The summed E-state index contributed by atoms with van der Waals surface area (Å²) in [7, 11) is 4.35. The molecule has 0 bridgehead atoms. The number of methoxy groups -OCH3 is 3. The van der Waals surface area contributed by atoms with Crippen LogP contribution in [0.5, 0.6) is 0 Å². The molecular formula is C22H28N2O5. The molecule has 7 heteroatoms. The Bertz CT molecular complexity index is 738. The Morgan fingerprint density at radius 3 is 1.48 bits per heavy atom. The van der Waals surface area contributed by atoms with Crippen molar-refractivity contribution in [3.05, 3.63) is 60.7 Å². The predicted octanol–water partition coefficient (Wildman–Crippen LogP) is 3.44. The number of benzene rings is 2. The number of para-hydroxylation sites is 2. The monoisotopic (exact) mass is 400 g/mol. The number of amides is 2. The highest BCUT2D eigenvalue weighted by Crippen LogP contribution is 2.28. The summed E-state index contributed by atoms with van der Waals surface area (Å²) in [5.74, 6) is -2.12. The molecule has 29 heavy (non-hydrogen) atoms. The van der Waals surface area contributed by atoms with Gasteiger partial charge in [0.15, 0.2) is 5.79 Å². The van der Waals surface area contributed by atoms with Crippen LogP contribution in [0.1, 0.15) is 19.8 Å². The second-order valence-corrected chi connectivity index (χ2v) is 6.71. The summed E-state index contributed by atoms with van der Waals surface area (Å²) in [6.45, 7) is 1.73. The van der Waals surface area contributed by atoms with Crippen molar-refractivity contribution in [2.75, 3.05) is 32.0 Å². The fourth-order valence-corrected chi connectivity index (χ4v) is 2.82. The largest absolute Gasteiger partial charge is 0.359 e. The van der Waals surface area contributed by atoms with Crippen LogP contribution < -0.4 is 10.6 Å². The fourth-order valence-electron chi connectivity index (χ4n) is 2.82. The normalized spacial score (nSPS) is 11.7. The van der Waals surface area contributed by atoms with Crippen LogP contribution in [-0.2, 0) is 23.8 Å². The maximum absolute atomic E-state index is 13.2. The molecule has 156 valence electrons. The smallest absolute Gasteiger partial charge is 0.266 e. The molecule has 0 saturated heterocycles. The molecular weight excluding hydrogens is 372 g/mol. The maximum Gasteiger partial charge on any atom is 0.266 e. The molecule has 0 atom stereocenters. The van der Waals surface area contributed by atoms with Crippen molar-refractivity contribution in [3.63, 3.8) is 0 Å². The molecule has 0 heterocycles. The van der Waals surface area contributed by atoms with Gasteiger partial charge >= 0.3 is 0 Å². The Morgan fingerprint density at radius 2 is 1.14 bits per heavy atom. The zero-order valence-corrected chi connectivity index (χ0v) is 17.2. The Morgan fingerprint density at radius 1 is 0.724 bits per heavy atom. The van der Waals surface area contributed by atoms with E-state index in [1.165, 1.54) is 21.3 Å². The van der Waals surface area contributed by atoms with E-state index in [-0.39, 0.29) is 12.8 Å². The van der Waals surface area contributed by atoms with Gasteiger partial charge in [-0.1, -0.05) is 36.4 Å². The summed E-state index contributed by atoms with van der Waals surface area (Å²) in [6.07, 6.45) is 0.289. The van der Waals surface area contributed by atoms with E-state index in [0.29, 0.717) is 11.4 Å². The average molecular weight is 400 g/mol. The molecule has 0 aromatic heterocycles. The molecule has 0 aliphatic heterocycles. The highest BCUT2D eigenvalue weighted by molar-refractivity contribution is 6.17. The van der Waals surface area contributed by atoms with E-state index in [4.69, 9.17) is 14.2 Å². The summed E-state index contributed by atoms with van der Waals surface area (Å²) in [4.78, 5) is 26.4. The van der Waals surface area contributed by atoms with E-state index >= 15 is 0 Å². The van der Waals surface area contributed by atoms with Gasteiger partial charge in [-0.2, -0.15) is 0 Å². The Hall–Kier alpha value is -2.74. The highest BCUT2D eigenvalue weighted by Gasteiger charge is 2.48. The van der Waals surface area contributed by atoms with Gasteiger partial charge in [0, 0.05) is 39.1 Å². The first-order chi connectivity index (χ1) is 13.9. The number of nitrogens with one attached hydrogen (secondary N) is 2. The van der Waals surface area contributed by atoms with E-state index in [1.807, 2.05) is 12.1 Å². The summed E-state index contributed by atoms with van der Waals surface area (Å²) in [5.41, 5.74) is -0.662. The number of anilines is 2. The van der Waals surface area contributed by atoms with Crippen LogP contribution in [0.3, 0.4) is 0 Å². The molecule has 0 unspecified atom stereocenters. The highest BCUT2D eigenvalue weighted by atomic mass is 16.7. The summed E-state index contributed by atoms with van der Waals surface area (Å²) < 4.78 is 16.3. The van der Waals surface area contributed by atoms with E-state index < -0.39 is 23.2 Å². The average Bonchev–Trinajstić information content (AvgIpc) is 2.75. The van der Waals surface area contributed by atoms with Crippen LogP contribution in [0.2, 0.25) is 0 Å². The van der Waals surface area contributed by atoms with Crippen molar-refractivity contribution in [2.24, 2.45) is 0 Å². The number of hydrogen-bond acceptors (Lipinski definition) is 5. The first-order valence-corrected chi connectivity index (χ1v) is 9.27. The van der Waals surface area contributed by atoms with Crippen LogP contribution >= 0.6 is 0 Å². The topological polar surface area (TPSA) is 85.9 Å². The van der Waals surface area contributed by atoms with Crippen molar-refractivity contribution < 1.29 is 23.8 Å². The van der Waals surface area contributed by atoms with Gasteiger partial charge in [0.1, 0.15) is 0 Å². The molecule has 0 radical (unpaired) electrons. The van der Waals surface area contributed by atoms with E-state index in [1.54, 1.807) is 55.5 Å². The molecule has 0 saturated carbocycles. The minimum Gasteiger partial charge on any atom is -0.359 e. The van der Waals surface area contributed by atoms with Gasteiger partial charge in [-0.05, 0) is 37.6 Å². The summed E-state index contributed by atoms with van der Waals surface area (Å²) >= 11 is 0. The number of carbonyl (C=O) groups excluding carboxylic acids is 2. The van der Waals surface area contributed by atoms with Crippen molar-refractivity contribution in [1.29, 1.82) is 0 Å². The van der Waals surface area contributed by atoms with Gasteiger partial charge in [0.05, 0.1) is 0 Å². The molecule has 0 aliphatic carbocycles. The minimum atomic E-state index is -1.79. The van der Waals surface area contributed by atoms with Gasteiger partial charge in [-0.3, -0.25) is 9.59 Å². The third-order valence-electron chi connectivity index (χ3n) is 4.94. The summed E-state index contributed by atoms with van der Waals surface area (Å²) in [5, 5.41) is 5.53. The van der Waals surface area contributed by atoms with Crippen molar-refractivity contribution in [1.82, 2.24) is 0 Å². The predicted molar refractivity (Wildman–Crippen MR) is 112 cm³/mol. The number of hydrogen-bond donors (Lipinski definition) is 2. The second-order valence-electron chi connectivity index (χ2n) is 6.71. The lowest BCUT2D eigenvalue weighted by Gasteiger charge is -2.34. The number of ether oxygens (including phenoxy) is 3. The van der Waals surface area contributed by atoms with Gasteiger partial charge < -0.3 is 24.8 Å². The zero-order chi connectivity index (χ0) is 21.3.